The van der Waals surface area contributed by atoms with Gasteiger partial charge in [0.2, 0.25) is 0 Å². The number of rotatable bonds is 2. The highest BCUT2D eigenvalue weighted by atomic mass is 31.0. The highest BCUT2D eigenvalue weighted by molar-refractivity contribution is 7.40. The van der Waals surface area contributed by atoms with E-state index in [2.05, 4.69) is 9.24 Å². The third kappa shape index (κ3) is 2.28. The van der Waals surface area contributed by atoms with Crippen LogP contribution in [0.2, 0.25) is 0 Å². The van der Waals surface area contributed by atoms with Gasteiger partial charge in [0.1, 0.15) is 0 Å². The molecule has 51 valence electrons. The van der Waals surface area contributed by atoms with Crippen LogP contribution in [0.1, 0.15) is 5.56 Å². The molecule has 0 fully saturated rings. The Morgan fingerprint density at radius 2 is 1.90 bits per heavy atom. The predicted octanol–water partition coefficient (Wildman–Crippen LogP) is 1.90. The van der Waals surface area contributed by atoms with Crippen LogP contribution in [-0.2, 0) is 11.2 Å². The van der Waals surface area contributed by atoms with E-state index in [1.54, 1.807) is 0 Å². The van der Waals surface area contributed by atoms with Gasteiger partial charge in [0.25, 0.3) is 0 Å². The maximum Gasteiger partial charge on any atom is 0.160 e. The Balaban J connectivity index is 2.67. The summed E-state index contributed by atoms with van der Waals surface area (Å²) in [7, 11) is 2.92. The molecule has 2 heteroatoms. The standard InChI is InChI=1S/C8H8OP/c9-8(10)6-7-4-2-1-3-5-7/h1-5,10H,6H2. The van der Waals surface area contributed by atoms with E-state index in [9.17, 15) is 4.79 Å². The molecule has 0 atom stereocenters. The first kappa shape index (κ1) is 7.43. The maximum atomic E-state index is 10.5. The Kier molecular flexibility index (Phi) is 2.58. The van der Waals surface area contributed by atoms with Crippen molar-refractivity contribution in [1.29, 1.82) is 0 Å². The molecule has 0 aliphatic carbocycles. The molecule has 1 aromatic carbocycles. The van der Waals surface area contributed by atoms with E-state index in [4.69, 9.17) is 0 Å². The van der Waals surface area contributed by atoms with Gasteiger partial charge < -0.3 is 0 Å². The quantitative estimate of drug-likeness (QED) is 0.590. The summed E-state index contributed by atoms with van der Waals surface area (Å²) >= 11 is 0. The van der Waals surface area contributed by atoms with Crippen molar-refractivity contribution in [1.82, 2.24) is 0 Å². The molecule has 0 spiro atoms. The van der Waals surface area contributed by atoms with Crippen LogP contribution >= 0.6 is 9.24 Å². The van der Waals surface area contributed by atoms with Crippen LogP contribution in [0.4, 0.5) is 0 Å². The van der Waals surface area contributed by atoms with Gasteiger partial charge in [-0.05, 0) is 14.8 Å². The smallest absolute Gasteiger partial charge is 0.160 e. The van der Waals surface area contributed by atoms with E-state index in [0.29, 0.717) is 6.42 Å². The van der Waals surface area contributed by atoms with Crippen molar-refractivity contribution < 1.29 is 4.79 Å². The fourth-order valence-corrected chi connectivity index (χ4v) is 0.985. The normalized spacial score (nSPS) is 9.30. The van der Waals surface area contributed by atoms with Crippen LogP contribution in [0.3, 0.4) is 0 Å². The first-order valence-corrected chi connectivity index (χ1v) is 3.57. The number of hydrogen-bond donors (Lipinski definition) is 0. The molecule has 1 aromatic rings. The van der Waals surface area contributed by atoms with Crippen molar-refractivity contribution in [2.24, 2.45) is 0 Å². The molecule has 0 bridgehead atoms. The zero-order valence-electron chi connectivity index (χ0n) is 5.50. The first-order chi connectivity index (χ1) is 4.79. The summed E-state index contributed by atoms with van der Waals surface area (Å²) in [4.78, 5) is 10.5. The molecule has 0 saturated heterocycles. The van der Waals surface area contributed by atoms with E-state index in [-0.39, 0.29) is 5.52 Å². The highest BCUT2D eigenvalue weighted by Gasteiger charge is 1.94. The monoisotopic (exact) mass is 151 g/mol. The van der Waals surface area contributed by atoms with Crippen LogP contribution < -0.4 is 0 Å². The van der Waals surface area contributed by atoms with Gasteiger partial charge in [0, 0.05) is 6.42 Å². The van der Waals surface area contributed by atoms with E-state index in [0.717, 1.165) is 5.56 Å². The van der Waals surface area contributed by atoms with Crippen molar-refractivity contribution in [2.45, 2.75) is 6.42 Å². The largest absolute Gasteiger partial charge is 0.294 e. The second-order valence-corrected chi connectivity index (χ2v) is 2.64. The molecule has 0 aromatic heterocycles. The lowest BCUT2D eigenvalue weighted by atomic mass is 10.2. The number of carbonyl (C=O) groups is 1. The van der Waals surface area contributed by atoms with Crippen LogP contribution in [0.25, 0.3) is 0 Å². The van der Waals surface area contributed by atoms with E-state index >= 15 is 0 Å². The Bertz CT molecular complexity index is 218. The molecule has 10 heavy (non-hydrogen) atoms. The van der Waals surface area contributed by atoms with Gasteiger partial charge >= 0.3 is 0 Å². The second-order valence-electron chi connectivity index (χ2n) is 2.09. The SMILES string of the molecule is O=C([PH])Cc1ccccc1. The first-order valence-electron chi connectivity index (χ1n) is 3.07. The molecule has 0 N–H and O–H groups in total. The van der Waals surface area contributed by atoms with Gasteiger partial charge in [-0.25, -0.2) is 0 Å². The van der Waals surface area contributed by atoms with Gasteiger partial charge in [-0.2, -0.15) is 0 Å². The van der Waals surface area contributed by atoms with E-state index in [1.807, 2.05) is 30.3 Å². The summed E-state index contributed by atoms with van der Waals surface area (Å²) in [5.41, 5.74) is 1.06. The van der Waals surface area contributed by atoms with Crippen molar-refractivity contribution in [2.75, 3.05) is 0 Å². The minimum Gasteiger partial charge on any atom is -0.294 e. The molecule has 0 aliphatic heterocycles. The number of carbonyl (C=O) groups excluding carboxylic acids is 1. The summed E-state index contributed by atoms with van der Waals surface area (Å²) < 4.78 is 0. The summed E-state index contributed by atoms with van der Waals surface area (Å²) in [6.07, 6.45) is 0.470. The molecule has 1 nitrogen and oxygen atoms in total. The fourth-order valence-electron chi connectivity index (χ4n) is 0.781. The molecular formula is C8H8OP. The lowest BCUT2D eigenvalue weighted by Crippen LogP contribution is -1.90. The average molecular weight is 151 g/mol. The van der Waals surface area contributed by atoms with Crippen molar-refractivity contribution in [3.63, 3.8) is 0 Å². The summed E-state index contributed by atoms with van der Waals surface area (Å²) in [5.74, 6) is 0. The Morgan fingerprint density at radius 3 is 2.40 bits per heavy atom. The average Bonchev–Trinajstić information content (AvgIpc) is 1.88. The molecule has 0 heterocycles. The van der Waals surface area contributed by atoms with E-state index < -0.39 is 0 Å². The third-order valence-electron chi connectivity index (χ3n) is 1.21. The number of hydrogen-bond acceptors (Lipinski definition) is 1. The molecule has 1 radical (unpaired) electrons. The van der Waals surface area contributed by atoms with Crippen LogP contribution in [0.15, 0.2) is 30.3 Å². The molecular weight excluding hydrogens is 143 g/mol. The summed E-state index contributed by atoms with van der Waals surface area (Å²) in [6, 6.07) is 9.63. The van der Waals surface area contributed by atoms with Crippen molar-refractivity contribution >= 4 is 14.8 Å². The molecule has 1 rings (SSSR count). The predicted molar refractivity (Wildman–Crippen MR) is 43.5 cm³/mol. The van der Waals surface area contributed by atoms with Crippen molar-refractivity contribution in [3.8, 4) is 0 Å². The molecule has 0 aliphatic rings. The molecule has 0 amide bonds. The van der Waals surface area contributed by atoms with Gasteiger partial charge in [0.15, 0.2) is 5.52 Å². The second kappa shape index (κ2) is 3.48. The van der Waals surface area contributed by atoms with Gasteiger partial charge in [-0.3, -0.25) is 4.79 Å². The molecule has 0 saturated carbocycles. The van der Waals surface area contributed by atoms with E-state index in [1.165, 1.54) is 0 Å². The summed E-state index contributed by atoms with van der Waals surface area (Å²) in [6.45, 7) is 0. The lowest BCUT2D eigenvalue weighted by molar-refractivity contribution is -0.110. The van der Waals surface area contributed by atoms with Crippen molar-refractivity contribution in [3.05, 3.63) is 35.9 Å². The van der Waals surface area contributed by atoms with Gasteiger partial charge in [-0.1, -0.05) is 30.3 Å². The fraction of sp³-hybridized carbons (Fsp3) is 0.125. The Hall–Kier alpha value is -0.680. The van der Waals surface area contributed by atoms with Crippen LogP contribution in [0, 0.1) is 0 Å². The maximum absolute atomic E-state index is 10.5. The molecule has 0 unspecified atom stereocenters. The number of benzene rings is 1. The Morgan fingerprint density at radius 1 is 1.30 bits per heavy atom. The summed E-state index contributed by atoms with van der Waals surface area (Å²) in [5, 5.41) is 0. The third-order valence-corrected chi connectivity index (χ3v) is 1.38. The topological polar surface area (TPSA) is 17.1 Å². The minimum atomic E-state index is 0.0196. The van der Waals surface area contributed by atoms with Crippen LogP contribution in [-0.4, -0.2) is 5.52 Å². The zero-order chi connectivity index (χ0) is 7.40. The minimum absolute atomic E-state index is 0.0196. The lowest BCUT2D eigenvalue weighted by Gasteiger charge is -1.93. The van der Waals surface area contributed by atoms with Gasteiger partial charge in [0.05, 0.1) is 0 Å². The zero-order valence-corrected chi connectivity index (χ0v) is 6.50. The van der Waals surface area contributed by atoms with Gasteiger partial charge in [-0.15, -0.1) is 0 Å². The van der Waals surface area contributed by atoms with Crippen LogP contribution in [0.5, 0.6) is 0 Å². The Labute approximate surface area is 62.7 Å². The highest BCUT2D eigenvalue weighted by Crippen LogP contribution is 2.02.